The van der Waals surface area contributed by atoms with Gasteiger partial charge in [0.2, 0.25) is 10.0 Å². The predicted molar refractivity (Wildman–Crippen MR) is 70.4 cm³/mol. The van der Waals surface area contributed by atoms with Gasteiger partial charge in [-0.05, 0) is 17.7 Å². The van der Waals surface area contributed by atoms with Crippen molar-refractivity contribution in [2.75, 3.05) is 0 Å². The lowest BCUT2D eigenvalue weighted by atomic mass is 10.2. The molecule has 0 aliphatic carbocycles. The first-order valence-electron chi connectivity index (χ1n) is 5.39. The second-order valence-corrected chi connectivity index (χ2v) is 7.23. The Kier molecular flexibility index (Phi) is 3.90. The highest BCUT2D eigenvalue weighted by Crippen LogP contribution is 2.11. The second kappa shape index (κ2) is 5.32. The van der Waals surface area contributed by atoms with E-state index in [9.17, 15) is 16.8 Å². The van der Waals surface area contributed by atoms with Crippen molar-refractivity contribution in [3.8, 4) is 0 Å². The molecule has 0 unspecified atom stereocenters. The van der Waals surface area contributed by atoms with Gasteiger partial charge >= 0.3 is 0 Å². The molecule has 1 aromatic heterocycles. The molecule has 0 aliphatic rings. The molecule has 2 aromatic rings. The van der Waals surface area contributed by atoms with E-state index in [1.54, 1.807) is 6.07 Å². The summed E-state index contributed by atoms with van der Waals surface area (Å²) in [5.41, 5.74) is 0.472. The number of nitrogens with one attached hydrogen (secondary N) is 2. The van der Waals surface area contributed by atoms with Gasteiger partial charge in [-0.25, -0.2) is 31.7 Å². The highest BCUT2D eigenvalue weighted by molar-refractivity contribution is 7.89. The number of aromatic amines is 1. The fraction of sp³-hybridized carbons (Fsp3) is 0.100. The van der Waals surface area contributed by atoms with Crippen LogP contribution in [0.15, 0.2) is 46.7 Å². The van der Waals surface area contributed by atoms with Gasteiger partial charge in [0, 0.05) is 6.54 Å². The number of aromatic nitrogens is 2. The minimum atomic E-state index is -3.82. The monoisotopic (exact) mass is 316 g/mol. The van der Waals surface area contributed by atoms with Crippen molar-refractivity contribution in [2.45, 2.75) is 16.5 Å². The van der Waals surface area contributed by atoms with E-state index in [4.69, 9.17) is 5.14 Å². The van der Waals surface area contributed by atoms with Crippen molar-refractivity contribution in [2.24, 2.45) is 5.14 Å². The second-order valence-electron chi connectivity index (χ2n) is 3.93. The van der Waals surface area contributed by atoms with Crippen LogP contribution in [-0.2, 0) is 26.6 Å². The van der Waals surface area contributed by atoms with E-state index in [1.807, 2.05) is 0 Å². The van der Waals surface area contributed by atoms with Gasteiger partial charge < -0.3 is 4.98 Å². The number of hydrogen-bond donors (Lipinski definition) is 3. The number of H-pyrrole nitrogens is 1. The third-order valence-corrected chi connectivity index (χ3v) is 4.69. The van der Waals surface area contributed by atoms with Crippen LogP contribution in [0.4, 0.5) is 0 Å². The molecule has 108 valence electrons. The molecule has 0 bridgehead atoms. The molecule has 0 radical (unpaired) electrons. The number of nitrogens with two attached hydrogens (primary N) is 1. The van der Waals surface area contributed by atoms with E-state index in [0.29, 0.717) is 5.56 Å². The van der Waals surface area contributed by atoms with Crippen molar-refractivity contribution in [3.05, 3.63) is 42.4 Å². The van der Waals surface area contributed by atoms with Crippen LogP contribution in [0.2, 0.25) is 0 Å². The van der Waals surface area contributed by atoms with E-state index < -0.39 is 20.0 Å². The van der Waals surface area contributed by atoms with Crippen LogP contribution >= 0.6 is 0 Å². The van der Waals surface area contributed by atoms with Crippen molar-refractivity contribution in [1.82, 2.24) is 14.7 Å². The quantitative estimate of drug-likeness (QED) is 0.685. The summed E-state index contributed by atoms with van der Waals surface area (Å²) in [5.74, 6) is 0. The van der Waals surface area contributed by atoms with Crippen LogP contribution < -0.4 is 9.86 Å². The maximum Gasteiger partial charge on any atom is 0.257 e. The number of rotatable bonds is 5. The van der Waals surface area contributed by atoms with E-state index in [0.717, 1.165) is 0 Å². The molecule has 0 spiro atoms. The third-order valence-electron chi connectivity index (χ3n) is 2.46. The molecule has 8 nitrogen and oxygen atoms in total. The molecule has 0 saturated carbocycles. The maximum atomic E-state index is 11.8. The highest BCUT2D eigenvalue weighted by atomic mass is 32.2. The number of hydrogen-bond acceptors (Lipinski definition) is 5. The SMILES string of the molecule is NS(=O)(=O)c1cccc(CNS(=O)(=O)c2cnc[nH]2)c1. The summed E-state index contributed by atoms with van der Waals surface area (Å²) in [6.45, 7) is -0.0648. The van der Waals surface area contributed by atoms with E-state index in [-0.39, 0.29) is 16.5 Å². The van der Waals surface area contributed by atoms with E-state index >= 15 is 0 Å². The predicted octanol–water partition coefficient (Wildman–Crippen LogP) is -0.464. The summed E-state index contributed by atoms with van der Waals surface area (Å²) in [7, 11) is -7.53. The smallest absolute Gasteiger partial charge is 0.257 e. The molecular formula is C10H12N4O4S2. The Morgan fingerprint density at radius 3 is 2.60 bits per heavy atom. The molecule has 1 heterocycles. The third kappa shape index (κ3) is 3.42. The summed E-state index contributed by atoms with van der Waals surface area (Å²) in [6, 6.07) is 5.72. The molecule has 20 heavy (non-hydrogen) atoms. The molecule has 1 aromatic carbocycles. The van der Waals surface area contributed by atoms with Gasteiger partial charge in [0.1, 0.15) is 0 Å². The highest BCUT2D eigenvalue weighted by Gasteiger charge is 2.15. The number of benzene rings is 1. The van der Waals surface area contributed by atoms with Crippen molar-refractivity contribution >= 4 is 20.0 Å². The van der Waals surface area contributed by atoms with Crippen LogP contribution in [0.1, 0.15) is 5.56 Å². The van der Waals surface area contributed by atoms with Gasteiger partial charge in [0.05, 0.1) is 17.4 Å². The number of sulfonamides is 2. The minimum Gasteiger partial charge on any atom is -0.335 e. The number of primary sulfonamides is 1. The average molecular weight is 316 g/mol. The Morgan fingerprint density at radius 1 is 1.25 bits per heavy atom. The summed E-state index contributed by atoms with van der Waals surface area (Å²) in [4.78, 5) is 6.02. The van der Waals surface area contributed by atoms with Crippen molar-refractivity contribution in [3.63, 3.8) is 0 Å². The zero-order valence-electron chi connectivity index (χ0n) is 10.1. The van der Waals surface area contributed by atoms with Crippen LogP contribution in [-0.4, -0.2) is 26.8 Å². The maximum absolute atomic E-state index is 11.8. The lowest BCUT2D eigenvalue weighted by molar-refractivity contribution is 0.578. The largest absolute Gasteiger partial charge is 0.335 e. The molecule has 4 N–H and O–H groups in total. The molecule has 10 heteroatoms. The summed E-state index contributed by atoms with van der Waals surface area (Å²) < 4.78 is 48.4. The lowest BCUT2D eigenvalue weighted by Crippen LogP contribution is -2.23. The Morgan fingerprint density at radius 2 is 2.00 bits per heavy atom. The summed E-state index contributed by atoms with van der Waals surface area (Å²) >= 11 is 0. The Labute approximate surface area is 116 Å². The molecule has 0 fully saturated rings. The molecule has 2 rings (SSSR count). The number of imidazole rings is 1. The fourth-order valence-corrected chi connectivity index (χ4v) is 2.98. The van der Waals surface area contributed by atoms with Gasteiger partial charge in [0.15, 0.2) is 5.03 Å². The van der Waals surface area contributed by atoms with Crippen LogP contribution in [0.25, 0.3) is 0 Å². The zero-order valence-corrected chi connectivity index (χ0v) is 11.8. The van der Waals surface area contributed by atoms with Crippen LogP contribution in [0.5, 0.6) is 0 Å². The molecule has 0 atom stereocenters. The van der Waals surface area contributed by atoms with Crippen LogP contribution in [0.3, 0.4) is 0 Å². The summed E-state index contributed by atoms with van der Waals surface area (Å²) in [5, 5.41) is 4.94. The average Bonchev–Trinajstić information content (AvgIpc) is 2.90. The lowest BCUT2D eigenvalue weighted by Gasteiger charge is -2.06. The number of nitrogens with zero attached hydrogens (tertiary/aromatic N) is 1. The zero-order chi connectivity index (χ0) is 14.8. The van der Waals surface area contributed by atoms with Gasteiger partial charge in [-0.2, -0.15) is 0 Å². The Balaban J connectivity index is 2.16. The molecule has 0 amide bonds. The van der Waals surface area contributed by atoms with E-state index in [2.05, 4.69) is 14.7 Å². The van der Waals surface area contributed by atoms with Gasteiger partial charge in [-0.15, -0.1) is 0 Å². The summed E-state index contributed by atoms with van der Waals surface area (Å²) in [6.07, 6.45) is 2.42. The standard InChI is InChI=1S/C10H12N4O4S2/c11-19(15,16)9-3-1-2-8(4-9)5-14-20(17,18)10-6-12-7-13-10/h1-4,6-7,14H,5H2,(H,12,13)(H2,11,15,16). The van der Waals surface area contributed by atoms with E-state index in [1.165, 1.54) is 30.7 Å². The Bertz CT molecular complexity index is 798. The first kappa shape index (κ1) is 14.7. The normalized spacial score (nSPS) is 12.4. The minimum absolute atomic E-state index is 0.0648. The first-order valence-corrected chi connectivity index (χ1v) is 8.42. The van der Waals surface area contributed by atoms with Crippen molar-refractivity contribution in [1.29, 1.82) is 0 Å². The Hall–Kier alpha value is -1.75. The van der Waals surface area contributed by atoms with Gasteiger partial charge in [0.25, 0.3) is 10.0 Å². The van der Waals surface area contributed by atoms with Gasteiger partial charge in [-0.1, -0.05) is 12.1 Å². The first-order chi connectivity index (χ1) is 9.29. The topological polar surface area (TPSA) is 135 Å². The molecule has 0 aliphatic heterocycles. The fourth-order valence-electron chi connectivity index (χ4n) is 1.48. The van der Waals surface area contributed by atoms with Crippen LogP contribution in [0, 0.1) is 0 Å². The molecular weight excluding hydrogens is 304 g/mol. The molecule has 0 saturated heterocycles. The van der Waals surface area contributed by atoms with Gasteiger partial charge in [-0.3, -0.25) is 0 Å². The van der Waals surface area contributed by atoms with Crippen molar-refractivity contribution < 1.29 is 16.8 Å².